The van der Waals surface area contributed by atoms with Crippen molar-refractivity contribution in [3.8, 4) is 28.7 Å². The molecule has 0 bridgehead atoms. The number of carbonyl (C=O) groups excluding carboxylic acids is 2. The van der Waals surface area contributed by atoms with Crippen molar-refractivity contribution in [1.29, 1.82) is 0 Å². The van der Waals surface area contributed by atoms with E-state index < -0.39 is 17.8 Å². The van der Waals surface area contributed by atoms with Gasteiger partial charge in [-0.3, -0.25) is 14.5 Å². The number of benzene rings is 3. The normalized spacial score (nSPS) is 18.5. The third kappa shape index (κ3) is 5.47. The summed E-state index contributed by atoms with van der Waals surface area (Å²) < 4.78 is 42.9. The van der Waals surface area contributed by atoms with Crippen molar-refractivity contribution in [2.24, 2.45) is 0 Å². The summed E-state index contributed by atoms with van der Waals surface area (Å²) in [6.45, 7) is 2.70. The minimum atomic E-state index is -0.859. The monoisotopic (exact) mass is 607 g/mol. The molecule has 0 N–H and O–H groups in total. The van der Waals surface area contributed by atoms with Crippen LogP contribution in [0.4, 0.5) is 4.39 Å². The number of likely N-dealkylation sites (N-methyl/N-ethyl adjacent to an activating group) is 1. The van der Waals surface area contributed by atoms with E-state index in [1.165, 1.54) is 25.2 Å². The average molecular weight is 608 g/mol. The maximum atomic E-state index is 15.3. The molecule has 0 aliphatic carbocycles. The highest BCUT2D eigenvalue weighted by atomic mass is 19.1. The van der Waals surface area contributed by atoms with Gasteiger partial charge in [0.1, 0.15) is 5.82 Å². The van der Waals surface area contributed by atoms with Gasteiger partial charge in [0, 0.05) is 56.5 Å². The molecule has 1 fully saturated rings. The van der Waals surface area contributed by atoms with E-state index in [1.807, 2.05) is 12.1 Å². The molecule has 2 aliphatic heterocycles. The molecule has 3 aromatic rings. The molecule has 0 radical (unpaired) electrons. The Morgan fingerprint density at radius 3 is 2.05 bits per heavy atom. The molecule has 0 saturated carbocycles. The van der Waals surface area contributed by atoms with Crippen LogP contribution in [0.5, 0.6) is 28.7 Å². The van der Waals surface area contributed by atoms with Crippen molar-refractivity contribution in [3.05, 3.63) is 76.6 Å². The van der Waals surface area contributed by atoms with Crippen molar-refractivity contribution in [2.45, 2.75) is 18.5 Å². The van der Waals surface area contributed by atoms with Gasteiger partial charge in [-0.25, -0.2) is 4.39 Å². The largest absolute Gasteiger partial charge is 0.493 e. The first-order valence-corrected chi connectivity index (χ1v) is 14.3. The molecule has 234 valence electrons. The molecule has 3 aromatic carbocycles. The molecule has 0 aromatic heterocycles. The molecule has 2 amide bonds. The summed E-state index contributed by atoms with van der Waals surface area (Å²) in [7, 11) is 9.34. The van der Waals surface area contributed by atoms with E-state index in [2.05, 4.69) is 4.90 Å². The number of ether oxygens (including phenoxy) is 5. The minimum Gasteiger partial charge on any atom is -0.493 e. The topological polar surface area (TPSA) is 90.0 Å². The van der Waals surface area contributed by atoms with Gasteiger partial charge >= 0.3 is 0 Å². The highest BCUT2D eigenvalue weighted by Gasteiger charge is 2.46. The zero-order valence-corrected chi connectivity index (χ0v) is 25.9. The summed E-state index contributed by atoms with van der Waals surface area (Å²) in [6, 6.07) is 12.5. The van der Waals surface area contributed by atoms with Gasteiger partial charge in [-0.05, 0) is 29.8 Å². The van der Waals surface area contributed by atoms with Crippen molar-refractivity contribution < 1.29 is 37.7 Å². The van der Waals surface area contributed by atoms with Gasteiger partial charge in [0.05, 0.1) is 47.5 Å². The molecule has 0 spiro atoms. The maximum absolute atomic E-state index is 15.3. The van der Waals surface area contributed by atoms with Gasteiger partial charge in [0.25, 0.3) is 5.91 Å². The lowest BCUT2D eigenvalue weighted by atomic mass is 9.78. The van der Waals surface area contributed by atoms with Crippen LogP contribution in [-0.4, -0.2) is 95.3 Å². The number of amides is 2. The standard InChI is InChI=1S/C33H38FN3O7/c1-35-29(21-9-7-8-10-24(21)34)28(22-17-26(41-3)27(42-4)18-23(22)32(35)38)33(39)37-15-13-36(14-16-37)19-20-11-12-25(40-2)31(44-6)30(20)43-5/h7-12,17-18,28-29H,13-16,19H2,1-6H3/t28-,29+/m1/s1. The fourth-order valence-electron chi connectivity index (χ4n) is 6.27. The van der Waals surface area contributed by atoms with Gasteiger partial charge in [-0.1, -0.05) is 24.3 Å². The Labute approximate surface area is 256 Å². The molecule has 44 heavy (non-hydrogen) atoms. The van der Waals surface area contributed by atoms with E-state index in [0.29, 0.717) is 72.6 Å². The fourth-order valence-corrected chi connectivity index (χ4v) is 6.27. The summed E-state index contributed by atoms with van der Waals surface area (Å²) >= 11 is 0. The summed E-state index contributed by atoms with van der Waals surface area (Å²) in [5.41, 5.74) is 2.03. The molecule has 11 heteroatoms. The fraction of sp³-hybridized carbons (Fsp3) is 0.394. The molecular weight excluding hydrogens is 569 g/mol. The number of piperazine rings is 1. The zero-order valence-electron chi connectivity index (χ0n) is 25.9. The molecule has 2 atom stereocenters. The Morgan fingerprint density at radius 2 is 1.43 bits per heavy atom. The summed E-state index contributed by atoms with van der Waals surface area (Å²) in [5.74, 6) is 0.635. The number of rotatable bonds is 9. The number of fused-ring (bicyclic) bond motifs is 1. The zero-order chi connectivity index (χ0) is 31.5. The number of carbonyl (C=O) groups is 2. The van der Waals surface area contributed by atoms with Gasteiger partial charge in [0.2, 0.25) is 11.7 Å². The molecular formula is C33H38FN3O7. The second-order valence-corrected chi connectivity index (χ2v) is 10.7. The Bertz CT molecular complexity index is 1540. The Hall–Kier alpha value is -4.51. The molecule has 5 rings (SSSR count). The van der Waals surface area contributed by atoms with E-state index in [9.17, 15) is 9.59 Å². The molecule has 2 heterocycles. The van der Waals surface area contributed by atoms with Crippen LogP contribution in [0.3, 0.4) is 0 Å². The molecule has 0 unspecified atom stereocenters. The van der Waals surface area contributed by atoms with E-state index in [1.54, 1.807) is 63.6 Å². The number of methoxy groups -OCH3 is 5. The van der Waals surface area contributed by atoms with Crippen LogP contribution in [0.1, 0.15) is 39.0 Å². The number of nitrogens with zero attached hydrogens (tertiary/aromatic N) is 3. The number of halogens is 1. The third-order valence-corrected chi connectivity index (χ3v) is 8.53. The third-order valence-electron chi connectivity index (χ3n) is 8.53. The first kappa shape index (κ1) is 30.9. The lowest BCUT2D eigenvalue weighted by Gasteiger charge is -2.43. The molecule has 10 nitrogen and oxygen atoms in total. The molecule has 1 saturated heterocycles. The number of hydrogen-bond donors (Lipinski definition) is 0. The van der Waals surface area contributed by atoms with Gasteiger partial charge in [0.15, 0.2) is 23.0 Å². The number of hydrogen-bond acceptors (Lipinski definition) is 8. The minimum absolute atomic E-state index is 0.186. The van der Waals surface area contributed by atoms with E-state index in [0.717, 1.165) is 5.56 Å². The SMILES string of the molecule is COc1cc2c(cc1OC)[C@@H](C(=O)N1CCN(Cc3ccc(OC)c(OC)c3OC)CC1)[C@H](c1ccccc1F)N(C)C2=O. The summed E-state index contributed by atoms with van der Waals surface area (Å²) in [4.78, 5) is 33.6. The Balaban J connectivity index is 1.45. The average Bonchev–Trinajstić information content (AvgIpc) is 3.05. The van der Waals surface area contributed by atoms with E-state index >= 15 is 4.39 Å². The van der Waals surface area contributed by atoms with Gasteiger partial charge in [-0.2, -0.15) is 0 Å². The van der Waals surface area contributed by atoms with E-state index in [-0.39, 0.29) is 17.4 Å². The Morgan fingerprint density at radius 1 is 0.795 bits per heavy atom. The maximum Gasteiger partial charge on any atom is 0.254 e. The van der Waals surface area contributed by atoms with Crippen molar-refractivity contribution >= 4 is 11.8 Å². The highest BCUT2D eigenvalue weighted by molar-refractivity contribution is 6.02. The quantitative estimate of drug-likeness (QED) is 0.359. The predicted molar refractivity (Wildman–Crippen MR) is 161 cm³/mol. The predicted octanol–water partition coefficient (Wildman–Crippen LogP) is 4.12. The van der Waals surface area contributed by atoms with Crippen molar-refractivity contribution in [1.82, 2.24) is 14.7 Å². The lowest BCUT2D eigenvalue weighted by molar-refractivity contribution is -0.136. The van der Waals surface area contributed by atoms with E-state index in [4.69, 9.17) is 23.7 Å². The van der Waals surface area contributed by atoms with Crippen LogP contribution >= 0.6 is 0 Å². The second kappa shape index (κ2) is 13.0. The van der Waals surface area contributed by atoms with Crippen molar-refractivity contribution in [3.63, 3.8) is 0 Å². The second-order valence-electron chi connectivity index (χ2n) is 10.7. The van der Waals surface area contributed by atoms with Gasteiger partial charge in [-0.15, -0.1) is 0 Å². The smallest absolute Gasteiger partial charge is 0.254 e. The van der Waals surface area contributed by atoms with Gasteiger partial charge < -0.3 is 33.5 Å². The molecule has 2 aliphatic rings. The lowest BCUT2D eigenvalue weighted by Crippen LogP contribution is -2.52. The highest BCUT2D eigenvalue weighted by Crippen LogP contribution is 2.47. The summed E-state index contributed by atoms with van der Waals surface area (Å²) in [5, 5.41) is 0. The van der Waals surface area contributed by atoms with Crippen LogP contribution in [-0.2, 0) is 11.3 Å². The van der Waals surface area contributed by atoms with Crippen LogP contribution in [0.2, 0.25) is 0 Å². The van der Waals surface area contributed by atoms with Crippen molar-refractivity contribution in [2.75, 3.05) is 68.8 Å². The summed E-state index contributed by atoms with van der Waals surface area (Å²) in [6.07, 6.45) is 0. The Kier molecular flexibility index (Phi) is 9.14. The first-order valence-electron chi connectivity index (χ1n) is 14.3. The van der Waals surface area contributed by atoms with Crippen LogP contribution in [0, 0.1) is 5.82 Å². The van der Waals surface area contributed by atoms with Crippen LogP contribution < -0.4 is 23.7 Å². The van der Waals surface area contributed by atoms with Crippen LogP contribution in [0.25, 0.3) is 0 Å². The first-order chi connectivity index (χ1) is 21.3. The van der Waals surface area contributed by atoms with Crippen LogP contribution in [0.15, 0.2) is 48.5 Å².